The maximum absolute atomic E-state index is 11.3. The SMILES string of the molecule is Cc1[nH]c(=S)c(N)c(NCCCN(C)C)c1C(=O)O. The number of aromatic amines is 1. The number of H-pyrrole nitrogens is 1. The zero-order chi connectivity index (χ0) is 14.6. The Labute approximate surface area is 117 Å². The number of aromatic carboxylic acids is 1. The molecule has 0 aromatic carbocycles. The van der Waals surface area contributed by atoms with Gasteiger partial charge in [-0.15, -0.1) is 0 Å². The average Bonchev–Trinajstić information content (AvgIpc) is 2.29. The number of nitrogens with one attached hydrogen (secondary N) is 2. The van der Waals surface area contributed by atoms with Crippen molar-refractivity contribution in [2.45, 2.75) is 13.3 Å². The molecule has 0 aliphatic rings. The van der Waals surface area contributed by atoms with Crippen LogP contribution in [0, 0.1) is 11.6 Å². The topological polar surface area (TPSA) is 94.4 Å². The van der Waals surface area contributed by atoms with Crippen molar-refractivity contribution in [2.75, 3.05) is 38.2 Å². The predicted octanol–water partition coefficient (Wildman–Crippen LogP) is 1.70. The van der Waals surface area contributed by atoms with Crippen LogP contribution in [0.2, 0.25) is 0 Å². The van der Waals surface area contributed by atoms with Crippen molar-refractivity contribution in [3.63, 3.8) is 0 Å². The maximum atomic E-state index is 11.3. The highest BCUT2D eigenvalue weighted by atomic mass is 32.1. The van der Waals surface area contributed by atoms with Gasteiger partial charge in [-0.05, 0) is 34.0 Å². The van der Waals surface area contributed by atoms with Crippen LogP contribution in [-0.2, 0) is 0 Å². The molecule has 0 radical (unpaired) electrons. The van der Waals surface area contributed by atoms with Gasteiger partial charge in [0.25, 0.3) is 0 Å². The molecule has 1 aromatic heterocycles. The third-order valence-electron chi connectivity index (χ3n) is 2.74. The molecule has 1 aromatic rings. The van der Waals surface area contributed by atoms with Crippen molar-refractivity contribution in [3.8, 4) is 0 Å². The van der Waals surface area contributed by atoms with Crippen LogP contribution in [0.5, 0.6) is 0 Å². The molecule has 106 valence electrons. The van der Waals surface area contributed by atoms with Gasteiger partial charge >= 0.3 is 5.97 Å². The van der Waals surface area contributed by atoms with Gasteiger partial charge in [-0.3, -0.25) is 0 Å². The van der Waals surface area contributed by atoms with Crippen LogP contribution in [0.4, 0.5) is 11.4 Å². The minimum absolute atomic E-state index is 0.149. The third-order valence-corrected chi connectivity index (χ3v) is 3.06. The number of aryl methyl sites for hydroxylation is 1. The molecule has 0 atom stereocenters. The van der Waals surface area contributed by atoms with Gasteiger partial charge in [0.05, 0.1) is 11.4 Å². The predicted molar refractivity (Wildman–Crippen MR) is 79.4 cm³/mol. The smallest absolute Gasteiger partial charge is 0.339 e. The number of carboxylic acid groups (broad SMARTS) is 1. The number of carboxylic acids is 1. The Morgan fingerprint density at radius 1 is 1.53 bits per heavy atom. The van der Waals surface area contributed by atoms with Gasteiger partial charge < -0.3 is 26.0 Å². The van der Waals surface area contributed by atoms with Crippen molar-refractivity contribution < 1.29 is 9.90 Å². The molecule has 0 amide bonds. The maximum Gasteiger partial charge on any atom is 0.339 e. The highest BCUT2D eigenvalue weighted by Gasteiger charge is 2.17. The first-order valence-electron chi connectivity index (χ1n) is 5.98. The van der Waals surface area contributed by atoms with Gasteiger partial charge in [-0.2, -0.15) is 0 Å². The molecule has 0 saturated heterocycles. The number of hydrogen-bond acceptors (Lipinski definition) is 5. The number of nitrogens with zero attached hydrogens (tertiary/aromatic N) is 1. The molecule has 0 bridgehead atoms. The minimum atomic E-state index is -1.02. The Balaban J connectivity index is 2.97. The number of hydrogen-bond donors (Lipinski definition) is 4. The van der Waals surface area contributed by atoms with Gasteiger partial charge in [-0.1, -0.05) is 12.2 Å². The van der Waals surface area contributed by atoms with E-state index in [1.54, 1.807) is 6.92 Å². The molecular formula is C12H20N4O2S. The zero-order valence-electron chi connectivity index (χ0n) is 11.4. The van der Waals surface area contributed by atoms with E-state index in [9.17, 15) is 9.90 Å². The molecule has 19 heavy (non-hydrogen) atoms. The Bertz CT molecular complexity index is 525. The largest absolute Gasteiger partial charge is 0.478 e. The lowest BCUT2D eigenvalue weighted by molar-refractivity contribution is 0.0696. The molecule has 0 saturated carbocycles. The molecule has 0 aliphatic carbocycles. The molecule has 7 heteroatoms. The monoisotopic (exact) mass is 284 g/mol. The third kappa shape index (κ3) is 3.93. The van der Waals surface area contributed by atoms with Crippen LogP contribution in [0.25, 0.3) is 0 Å². The Morgan fingerprint density at radius 3 is 2.68 bits per heavy atom. The van der Waals surface area contributed by atoms with Crippen molar-refractivity contribution in [1.29, 1.82) is 0 Å². The number of rotatable bonds is 6. The average molecular weight is 284 g/mol. The first-order chi connectivity index (χ1) is 8.84. The van der Waals surface area contributed by atoms with E-state index >= 15 is 0 Å². The van der Waals surface area contributed by atoms with Crippen molar-refractivity contribution in [3.05, 3.63) is 15.9 Å². The number of carbonyl (C=O) groups is 1. The summed E-state index contributed by atoms with van der Waals surface area (Å²) in [5, 5.41) is 12.3. The fourth-order valence-electron chi connectivity index (χ4n) is 1.80. The van der Waals surface area contributed by atoms with E-state index in [0.717, 1.165) is 13.0 Å². The van der Waals surface area contributed by atoms with Gasteiger partial charge in [-0.25, -0.2) is 4.79 Å². The fourth-order valence-corrected chi connectivity index (χ4v) is 2.05. The van der Waals surface area contributed by atoms with E-state index in [0.29, 0.717) is 22.6 Å². The van der Waals surface area contributed by atoms with Gasteiger partial charge in [0.2, 0.25) is 0 Å². The van der Waals surface area contributed by atoms with Crippen molar-refractivity contribution in [2.24, 2.45) is 0 Å². The lowest BCUT2D eigenvalue weighted by Crippen LogP contribution is -2.18. The fraction of sp³-hybridized carbons (Fsp3) is 0.500. The summed E-state index contributed by atoms with van der Waals surface area (Å²) in [4.78, 5) is 16.1. The van der Waals surface area contributed by atoms with Crippen molar-refractivity contribution in [1.82, 2.24) is 9.88 Å². The molecular weight excluding hydrogens is 264 g/mol. The first-order valence-corrected chi connectivity index (χ1v) is 6.39. The van der Waals surface area contributed by atoms with E-state index in [4.69, 9.17) is 18.0 Å². The van der Waals surface area contributed by atoms with Gasteiger partial charge in [0.1, 0.15) is 10.2 Å². The quantitative estimate of drug-likeness (QED) is 0.469. The van der Waals surface area contributed by atoms with E-state index < -0.39 is 5.97 Å². The summed E-state index contributed by atoms with van der Waals surface area (Å²) in [6, 6.07) is 0. The highest BCUT2D eigenvalue weighted by Crippen LogP contribution is 2.26. The van der Waals surface area contributed by atoms with E-state index in [-0.39, 0.29) is 11.3 Å². The van der Waals surface area contributed by atoms with E-state index in [1.807, 2.05) is 14.1 Å². The number of aromatic nitrogens is 1. The first kappa shape index (κ1) is 15.5. The van der Waals surface area contributed by atoms with Crippen LogP contribution in [-0.4, -0.2) is 48.1 Å². The number of pyridine rings is 1. The Kier molecular flexibility index (Phi) is 5.31. The standard InChI is InChI=1S/C12H20N4O2S/c1-7-8(12(17)18)10(9(13)11(19)15-7)14-5-4-6-16(2)3/h4-6,13H2,1-3H3,(H,17,18)(H2,14,15,19). The van der Waals surface area contributed by atoms with Gasteiger partial charge in [0.15, 0.2) is 0 Å². The summed E-state index contributed by atoms with van der Waals surface area (Å²) in [6.45, 7) is 3.22. The van der Waals surface area contributed by atoms with Crippen LogP contribution < -0.4 is 11.1 Å². The summed E-state index contributed by atoms with van der Waals surface area (Å²) < 4.78 is 0.359. The molecule has 0 spiro atoms. The molecule has 0 unspecified atom stereocenters. The minimum Gasteiger partial charge on any atom is -0.478 e. The Hall–Kier alpha value is -1.60. The summed E-state index contributed by atoms with van der Waals surface area (Å²) >= 11 is 5.07. The molecule has 0 fully saturated rings. The van der Waals surface area contributed by atoms with Crippen LogP contribution >= 0.6 is 12.2 Å². The molecule has 5 N–H and O–H groups in total. The Morgan fingerprint density at radius 2 is 2.16 bits per heavy atom. The van der Waals surface area contributed by atoms with Crippen LogP contribution in [0.3, 0.4) is 0 Å². The van der Waals surface area contributed by atoms with Crippen molar-refractivity contribution >= 4 is 29.6 Å². The normalized spacial score (nSPS) is 10.7. The molecule has 1 heterocycles. The summed E-state index contributed by atoms with van der Waals surface area (Å²) in [7, 11) is 3.97. The zero-order valence-corrected chi connectivity index (χ0v) is 12.2. The second-order valence-corrected chi connectivity index (χ2v) is 5.04. The molecule has 0 aliphatic heterocycles. The summed E-state index contributed by atoms with van der Waals surface area (Å²) in [5.74, 6) is -1.02. The number of anilines is 2. The second kappa shape index (κ2) is 6.53. The lowest BCUT2D eigenvalue weighted by atomic mass is 10.1. The summed E-state index contributed by atoms with van der Waals surface area (Å²) in [5.41, 5.74) is 7.20. The highest BCUT2D eigenvalue weighted by molar-refractivity contribution is 7.71. The number of nitrogen functional groups attached to an aromatic ring is 1. The van der Waals surface area contributed by atoms with Crippen LogP contribution in [0.1, 0.15) is 22.5 Å². The summed E-state index contributed by atoms with van der Waals surface area (Å²) in [6.07, 6.45) is 0.885. The van der Waals surface area contributed by atoms with E-state index in [1.165, 1.54) is 0 Å². The van der Waals surface area contributed by atoms with Gasteiger partial charge in [0, 0.05) is 12.2 Å². The lowest BCUT2D eigenvalue weighted by Gasteiger charge is -2.15. The number of nitrogens with two attached hydrogens (primary N) is 1. The molecule has 6 nitrogen and oxygen atoms in total. The van der Waals surface area contributed by atoms with Crippen LogP contribution in [0.15, 0.2) is 0 Å². The molecule has 1 rings (SSSR count). The van der Waals surface area contributed by atoms with E-state index in [2.05, 4.69) is 15.2 Å². The second-order valence-electron chi connectivity index (χ2n) is 4.63.